The highest BCUT2D eigenvalue weighted by Crippen LogP contribution is 2.15. The number of amides is 1. The second-order valence-corrected chi connectivity index (χ2v) is 3.95. The first kappa shape index (κ1) is 12.8. The van der Waals surface area contributed by atoms with Gasteiger partial charge in [-0.05, 0) is 23.3 Å². The van der Waals surface area contributed by atoms with Gasteiger partial charge in [-0.1, -0.05) is 36.9 Å². The maximum atomic E-state index is 11.2. The lowest BCUT2D eigenvalue weighted by Crippen LogP contribution is -2.13. The number of pyridine rings is 1. The highest BCUT2D eigenvalue weighted by Gasteiger charge is 2.09. The van der Waals surface area contributed by atoms with Crippen molar-refractivity contribution < 1.29 is 9.53 Å². The maximum Gasteiger partial charge on any atom is 0.254 e. The third-order valence-corrected chi connectivity index (χ3v) is 2.63. The lowest BCUT2D eigenvalue weighted by molar-refractivity contribution is 0.0995. The van der Waals surface area contributed by atoms with Gasteiger partial charge in [0.25, 0.3) is 5.91 Å². The summed E-state index contributed by atoms with van der Waals surface area (Å²) < 4.78 is 5.52. The van der Waals surface area contributed by atoms with E-state index in [1.165, 1.54) is 0 Å². The van der Waals surface area contributed by atoms with Crippen LogP contribution in [-0.4, -0.2) is 10.9 Å². The Kier molecular flexibility index (Phi) is 3.93. The monoisotopic (exact) mass is 254 g/mol. The zero-order valence-electron chi connectivity index (χ0n) is 10.4. The molecule has 0 atom stereocenters. The van der Waals surface area contributed by atoms with Crippen molar-refractivity contribution in [1.29, 1.82) is 0 Å². The highest BCUT2D eigenvalue weighted by atomic mass is 16.5. The summed E-state index contributed by atoms with van der Waals surface area (Å²) >= 11 is 0. The number of nitrogens with two attached hydrogens (primary N) is 1. The molecule has 2 aromatic rings. The third-order valence-electron chi connectivity index (χ3n) is 2.63. The SMILES string of the molecule is C=Cc1ccc(COc2ncccc2C(N)=O)cc1. The Morgan fingerprint density at radius 2 is 2.05 bits per heavy atom. The van der Waals surface area contributed by atoms with Gasteiger partial charge in [-0.15, -0.1) is 0 Å². The molecule has 1 aromatic carbocycles. The fourth-order valence-electron chi connectivity index (χ4n) is 1.60. The van der Waals surface area contributed by atoms with Crippen molar-refractivity contribution in [2.75, 3.05) is 0 Å². The van der Waals surface area contributed by atoms with Crippen LogP contribution < -0.4 is 10.5 Å². The fraction of sp³-hybridized carbons (Fsp3) is 0.0667. The number of carbonyl (C=O) groups is 1. The molecule has 0 unspecified atom stereocenters. The molecule has 2 N–H and O–H groups in total. The highest BCUT2D eigenvalue weighted by molar-refractivity contribution is 5.94. The molecular weight excluding hydrogens is 240 g/mol. The molecule has 1 heterocycles. The average Bonchev–Trinajstić information content (AvgIpc) is 2.46. The summed E-state index contributed by atoms with van der Waals surface area (Å²) in [4.78, 5) is 15.2. The van der Waals surface area contributed by atoms with E-state index < -0.39 is 5.91 Å². The minimum absolute atomic E-state index is 0.253. The predicted octanol–water partition coefficient (Wildman–Crippen LogP) is 2.40. The van der Waals surface area contributed by atoms with Crippen LogP contribution in [0.2, 0.25) is 0 Å². The van der Waals surface area contributed by atoms with Crippen LogP contribution in [0.3, 0.4) is 0 Å². The van der Waals surface area contributed by atoms with Crippen LogP contribution in [0.1, 0.15) is 21.5 Å². The van der Waals surface area contributed by atoms with Crippen LogP contribution in [0.25, 0.3) is 6.08 Å². The van der Waals surface area contributed by atoms with Crippen molar-refractivity contribution in [3.63, 3.8) is 0 Å². The lowest BCUT2D eigenvalue weighted by Gasteiger charge is -2.08. The number of benzene rings is 1. The number of rotatable bonds is 5. The number of nitrogens with zero attached hydrogens (tertiary/aromatic N) is 1. The molecule has 0 saturated carbocycles. The van der Waals surface area contributed by atoms with E-state index in [2.05, 4.69) is 11.6 Å². The van der Waals surface area contributed by atoms with E-state index in [4.69, 9.17) is 10.5 Å². The Morgan fingerprint density at radius 1 is 1.32 bits per heavy atom. The van der Waals surface area contributed by atoms with Crippen LogP contribution in [0.15, 0.2) is 49.2 Å². The predicted molar refractivity (Wildman–Crippen MR) is 73.6 cm³/mol. The summed E-state index contributed by atoms with van der Waals surface area (Å²) in [6.07, 6.45) is 3.33. The molecule has 0 saturated heterocycles. The van der Waals surface area contributed by atoms with Crippen LogP contribution in [0.4, 0.5) is 0 Å². The van der Waals surface area contributed by atoms with E-state index >= 15 is 0 Å². The number of ether oxygens (including phenoxy) is 1. The van der Waals surface area contributed by atoms with Gasteiger partial charge in [0.15, 0.2) is 0 Å². The standard InChI is InChI=1S/C15H14N2O2/c1-2-11-5-7-12(8-6-11)10-19-15-13(14(16)18)4-3-9-17-15/h2-9H,1,10H2,(H2,16,18). The molecule has 0 spiro atoms. The van der Waals surface area contributed by atoms with Crippen molar-refractivity contribution in [3.8, 4) is 5.88 Å². The number of hydrogen-bond acceptors (Lipinski definition) is 3. The van der Waals surface area contributed by atoms with Crippen molar-refractivity contribution >= 4 is 12.0 Å². The molecule has 1 aromatic heterocycles. The van der Waals surface area contributed by atoms with Crippen molar-refractivity contribution in [1.82, 2.24) is 4.98 Å². The second-order valence-electron chi connectivity index (χ2n) is 3.95. The Bertz CT molecular complexity index is 591. The Balaban J connectivity index is 2.09. The molecule has 0 radical (unpaired) electrons. The van der Waals surface area contributed by atoms with Gasteiger partial charge in [0.2, 0.25) is 5.88 Å². The minimum atomic E-state index is -0.551. The third kappa shape index (κ3) is 3.19. The van der Waals surface area contributed by atoms with Crippen LogP contribution >= 0.6 is 0 Å². The van der Waals surface area contributed by atoms with Crippen molar-refractivity contribution in [2.45, 2.75) is 6.61 Å². The molecule has 4 heteroatoms. The molecule has 0 fully saturated rings. The number of carbonyl (C=O) groups excluding carboxylic acids is 1. The van der Waals surface area contributed by atoms with Gasteiger partial charge in [-0.3, -0.25) is 4.79 Å². The van der Waals surface area contributed by atoms with E-state index in [0.29, 0.717) is 6.61 Å². The molecule has 0 aliphatic heterocycles. The van der Waals surface area contributed by atoms with Gasteiger partial charge in [-0.2, -0.15) is 0 Å². The zero-order chi connectivity index (χ0) is 13.7. The summed E-state index contributed by atoms with van der Waals surface area (Å²) in [5.74, 6) is -0.298. The smallest absolute Gasteiger partial charge is 0.254 e. The van der Waals surface area contributed by atoms with Gasteiger partial charge >= 0.3 is 0 Å². The van der Waals surface area contributed by atoms with Crippen molar-refractivity contribution in [3.05, 3.63) is 65.9 Å². The molecule has 1 amide bonds. The van der Waals surface area contributed by atoms with Crippen LogP contribution in [0.5, 0.6) is 5.88 Å². The minimum Gasteiger partial charge on any atom is -0.472 e. The molecule has 4 nitrogen and oxygen atoms in total. The first-order valence-corrected chi connectivity index (χ1v) is 5.79. The number of aromatic nitrogens is 1. The Labute approximate surface area is 111 Å². The van der Waals surface area contributed by atoms with E-state index in [-0.39, 0.29) is 11.4 Å². The van der Waals surface area contributed by atoms with E-state index in [0.717, 1.165) is 11.1 Å². The Hall–Kier alpha value is -2.62. The molecule has 0 bridgehead atoms. The van der Waals surface area contributed by atoms with Gasteiger partial charge < -0.3 is 10.5 Å². The Morgan fingerprint density at radius 3 is 2.68 bits per heavy atom. The first-order valence-electron chi connectivity index (χ1n) is 5.79. The van der Waals surface area contributed by atoms with Crippen LogP contribution in [0, 0.1) is 0 Å². The first-order chi connectivity index (χ1) is 9.20. The molecule has 96 valence electrons. The van der Waals surface area contributed by atoms with E-state index in [1.807, 2.05) is 24.3 Å². The molecule has 2 rings (SSSR count). The van der Waals surface area contributed by atoms with E-state index in [1.54, 1.807) is 24.4 Å². The summed E-state index contributed by atoms with van der Waals surface area (Å²) in [5.41, 5.74) is 7.55. The molecule has 0 aliphatic rings. The lowest BCUT2D eigenvalue weighted by atomic mass is 10.1. The van der Waals surface area contributed by atoms with Crippen LogP contribution in [-0.2, 0) is 6.61 Å². The van der Waals surface area contributed by atoms with Gasteiger partial charge in [0, 0.05) is 6.20 Å². The largest absolute Gasteiger partial charge is 0.472 e. The molecular formula is C15H14N2O2. The maximum absolute atomic E-state index is 11.2. The normalized spacial score (nSPS) is 9.89. The summed E-state index contributed by atoms with van der Waals surface area (Å²) in [6.45, 7) is 4.02. The zero-order valence-corrected chi connectivity index (χ0v) is 10.4. The number of primary amides is 1. The quantitative estimate of drug-likeness (QED) is 0.891. The van der Waals surface area contributed by atoms with Gasteiger partial charge in [0.1, 0.15) is 12.2 Å². The van der Waals surface area contributed by atoms with Crippen molar-refractivity contribution in [2.24, 2.45) is 5.73 Å². The topological polar surface area (TPSA) is 65.2 Å². The van der Waals surface area contributed by atoms with E-state index in [9.17, 15) is 4.79 Å². The molecule has 0 aliphatic carbocycles. The number of hydrogen-bond donors (Lipinski definition) is 1. The fourth-order valence-corrected chi connectivity index (χ4v) is 1.60. The summed E-state index contributed by atoms with van der Waals surface area (Å²) in [6, 6.07) is 11.0. The summed E-state index contributed by atoms with van der Waals surface area (Å²) in [5, 5.41) is 0. The van der Waals surface area contributed by atoms with Gasteiger partial charge in [-0.25, -0.2) is 4.98 Å². The average molecular weight is 254 g/mol. The molecule has 19 heavy (non-hydrogen) atoms. The summed E-state index contributed by atoms with van der Waals surface area (Å²) in [7, 11) is 0. The second kappa shape index (κ2) is 5.82. The van der Waals surface area contributed by atoms with Gasteiger partial charge in [0.05, 0.1) is 0 Å².